The van der Waals surface area contributed by atoms with Crippen LogP contribution in [0.3, 0.4) is 0 Å². The molecule has 0 radical (unpaired) electrons. The van der Waals surface area contributed by atoms with E-state index in [4.69, 9.17) is 5.53 Å². The first kappa shape index (κ1) is 14.0. The first-order chi connectivity index (χ1) is 8.83. The van der Waals surface area contributed by atoms with E-state index in [1.54, 1.807) is 0 Å². The van der Waals surface area contributed by atoms with Crippen LogP contribution in [0.1, 0.15) is 30.5 Å². The highest BCUT2D eigenvalue weighted by molar-refractivity contribution is 5.33. The summed E-state index contributed by atoms with van der Waals surface area (Å²) in [7, 11) is 0. The van der Waals surface area contributed by atoms with Gasteiger partial charge in [-0.05, 0) is 36.0 Å². The lowest BCUT2D eigenvalue weighted by atomic mass is 9.99. The average Bonchev–Trinajstić information content (AvgIpc) is 2.43. The van der Waals surface area contributed by atoms with Gasteiger partial charge in [0.25, 0.3) is 0 Å². The van der Waals surface area contributed by atoms with Crippen LogP contribution in [0.15, 0.2) is 29.4 Å². The van der Waals surface area contributed by atoms with Crippen molar-refractivity contribution < 1.29 is 0 Å². The normalized spacial score (nSPS) is 11.3. The number of nitrogens with one attached hydrogen (secondary N) is 1. The number of nitrogens with zero attached hydrogens (tertiary/aromatic N) is 4. The summed E-state index contributed by atoms with van der Waals surface area (Å²) in [6, 6.07) is 9.92. The van der Waals surface area contributed by atoms with Crippen LogP contribution in [-0.4, -0.2) is 13.1 Å². The Labute approximate surface area is 107 Å². The van der Waals surface area contributed by atoms with E-state index in [9.17, 15) is 5.26 Å². The Bertz CT molecular complexity index is 457. The number of aryl methyl sites for hydroxylation is 1. The number of nitriles is 1. The van der Waals surface area contributed by atoms with Gasteiger partial charge in [0.05, 0.1) is 6.07 Å². The lowest BCUT2D eigenvalue weighted by Gasteiger charge is -2.14. The number of rotatable bonds is 7. The summed E-state index contributed by atoms with van der Waals surface area (Å²) in [6.07, 6.45) is 1.64. The molecular formula is C13H17N5. The molecule has 1 aromatic rings. The fourth-order valence-corrected chi connectivity index (χ4v) is 1.80. The van der Waals surface area contributed by atoms with Crippen molar-refractivity contribution in [2.75, 3.05) is 13.1 Å². The van der Waals surface area contributed by atoms with Gasteiger partial charge < -0.3 is 0 Å². The van der Waals surface area contributed by atoms with E-state index in [-0.39, 0.29) is 6.04 Å². The Kier molecular flexibility index (Phi) is 6.34. The summed E-state index contributed by atoms with van der Waals surface area (Å²) in [5.41, 5.74) is 10.4. The van der Waals surface area contributed by atoms with Crippen molar-refractivity contribution in [3.63, 3.8) is 0 Å². The van der Waals surface area contributed by atoms with E-state index in [1.165, 1.54) is 5.56 Å². The molecule has 0 heterocycles. The molecule has 1 aromatic carbocycles. The Morgan fingerprint density at radius 1 is 1.50 bits per heavy atom. The third-order valence-corrected chi connectivity index (χ3v) is 2.72. The van der Waals surface area contributed by atoms with E-state index in [1.807, 2.05) is 24.3 Å². The van der Waals surface area contributed by atoms with Crippen LogP contribution in [0, 0.1) is 11.3 Å². The zero-order valence-corrected chi connectivity index (χ0v) is 10.5. The third-order valence-electron chi connectivity index (χ3n) is 2.72. The van der Waals surface area contributed by atoms with E-state index >= 15 is 0 Å². The maximum Gasteiger partial charge on any atom is 0.121 e. The summed E-state index contributed by atoms with van der Waals surface area (Å²) in [5, 5.41) is 15.8. The summed E-state index contributed by atoms with van der Waals surface area (Å²) < 4.78 is 0. The highest BCUT2D eigenvalue weighted by atomic mass is 15.1. The van der Waals surface area contributed by atoms with Gasteiger partial charge in [0.2, 0.25) is 0 Å². The van der Waals surface area contributed by atoms with Crippen molar-refractivity contribution in [3.8, 4) is 6.07 Å². The minimum absolute atomic E-state index is 0.299. The lowest BCUT2D eigenvalue weighted by Crippen LogP contribution is -2.22. The summed E-state index contributed by atoms with van der Waals surface area (Å²) in [4.78, 5) is 2.69. The second-order valence-corrected chi connectivity index (χ2v) is 3.88. The Hall–Kier alpha value is -2.02. The molecule has 0 aromatic heterocycles. The Balaban J connectivity index is 2.60. The number of azide groups is 1. The number of hydrogen-bond acceptors (Lipinski definition) is 3. The van der Waals surface area contributed by atoms with Crippen molar-refractivity contribution in [3.05, 3.63) is 45.8 Å². The first-order valence-electron chi connectivity index (χ1n) is 6.05. The van der Waals surface area contributed by atoms with Crippen LogP contribution in [0.25, 0.3) is 10.4 Å². The van der Waals surface area contributed by atoms with E-state index in [2.05, 4.69) is 28.3 Å². The third kappa shape index (κ3) is 4.10. The smallest absolute Gasteiger partial charge is 0.121 e. The van der Waals surface area contributed by atoms with Gasteiger partial charge in [-0.25, -0.2) is 0 Å². The van der Waals surface area contributed by atoms with Gasteiger partial charge in [-0.1, -0.05) is 36.3 Å². The fraction of sp³-hybridized carbons (Fsp3) is 0.462. The zero-order chi connectivity index (χ0) is 13.2. The van der Waals surface area contributed by atoms with Crippen molar-refractivity contribution in [1.29, 1.82) is 5.26 Å². The fourth-order valence-electron chi connectivity index (χ4n) is 1.80. The molecule has 1 N–H and O–H groups in total. The molecule has 0 aliphatic heterocycles. The van der Waals surface area contributed by atoms with Crippen LogP contribution in [-0.2, 0) is 6.42 Å². The highest BCUT2D eigenvalue weighted by Gasteiger charge is 2.12. The molecule has 1 atom stereocenters. The van der Waals surface area contributed by atoms with Crippen molar-refractivity contribution in [2.45, 2.75) is 25.8 Å². The maximum atomic E-state index is 9.21. The van der Waals surface area contributed by atoms with Gasteiger partial charge in [-0.2, -0.15) is 5.26 Å². The van der Waals surface area contributed by atoms with Gasteiger partial charge in [0, 0.05) is 11.5 Å². The molecule has 0 fully saturated rings. The minimum atomic E-state index is -0.299. The van der Waals surface area contributed by atoms with Gasteiger partial charge in [-0.3, -0.25) is 5.32 Å². The monoisotopic (exact) mass is 243 g/mol. The molecule has 0 saturated heterocycles. The Morgan fingerprint density at radius 2 is 2.28 bits per heavy atom. The molecule has 0 amide bonds. The molecule has 1 unspecified atom stereocenters. The molecule has 18 heavy (non-hydrogen) atoms. The van der Waals surface area contributed by atoms with Crippen LogP contribution in [0.4, 0.5) is 0 Å². The standard InChI is InChI=1S/C13H17N5/c1-2-11-6-3-4-7-12(11)13(10-14)16-8-5-9-17-18-15/h3-4,6-7,13,16H,2,5,8-9H2,1H3. The number of hydrogen-bond donors (Lipinski definition) is 1. The predicted octanol–water partition coefficient (Wildman–Crippen LogP) is 3.10. The van der Waals surface area contributed by atoms with Gasteiger partial charge >= 0.3 is 0 Å². The minimum Gasteiger partial charge on any atom is -0.298 e. The Morgan fingerprint density at radius 3 is 2.94 bits per heavy atom. The second kappa shape index (κ2) is 8.13. The maximum absolute atomic E-state index is 9.21. The molecule has 94 valence electrons. The molecule has 0 spiro atoms. The van der Waals surface area contributed by atoms with Crippen LogP contribution in [0.5, 0.6) is 0 Å². The lowest BCUT2D eigenvalue weighted by molar-refractivity contribution is 0.604. The average molecular weight is 243 g/mol. The SMILES string of the molecule is CCc1ccccc1C(C#N)NCCCN=[N+]=[N-]. The van der Waals surface area contributed by atoms with Gasteiger partial charge in [0.15, 0.2) is 0 Å². The second-order valence-electron chi connectivity index (χ2n) is 3.88. The van der Waals surface area contributed by atoms with Crippen LogP contribution in [0.2, 0.25) is 0 Å². The quantitative estimate of drug-likeness (QED) is 0.345. The van der Waals surface area contributed by atoms with E-state index < -0.39 is 0 Å². The first-order valence-corrected chi connectivity index (χ1v) is 6.05. The molecule has 1 rings (SSSR count). The molecule has 5 nitrogen and oxygen atoms in total. The summed E-state index contributed by atoms with van der Waals surface area (Å²) in [6.45, 7) is 3.20. The molecular weight excluding hydrogens is 226 g/mol. The van der Waals surface area contributed by atoms with Crippen molar-refractivity contribution >= 4 is 0 Å². The largest absolute Gasteiger partial charge is 0.298 e. The van der Waals surface area contributed by atoms with E-state index in [0.29, 0.717) is 13.1 Å². The molecule has 0 bridgehead atoms. The summed E-state index contributed by atoms with van der Waals surface area (Å²) in [5.74, 6) is 0. The molecule has 0 aliphatic rings. The highest BCUT2D eigenvalue weighted by Crippen LogP contribution is 2.17. The van der Waals surface area contributed by atoms with Crippen molar-refractivity contribution in [1.82, 2.24) is 5.32 Å². The number of benzene rings is 1. The zero-order valence-electron chi connectivity index (χ0n) is 10.5. The topological polar surface area (TPSA) is 84.6 Å². The predicted molar refractivity (Wildman–Crippen MR) is 70.8 cm³/mol. The van der Waals surface area contributed by atoms with Crippen LogP contribution >= 0.6 is 0 Å². The summed E-state index contributed by atoms with van der Waals surface area (Å²) >= 11 is 0. The molecule has 5 heteroatoms. The molecule has 0 saturated carbocycles. The van der Waals surface area contributed by atoms with Crippen molar-refractivity contribution in [2.24, 2.45) is 5.11 Å². The molecule has 0 aliphatic carbocycles. The van der Waals surface area contributed by atoms with Gasteiger partial charge in [-0.15, -0.1) is 0 Å². The van der Waals surface area contributed by atoms with E-state index in [0.717, 1.165) is 18.4 Å². The van der Waals surface area contributed by atoms with Gasteiger partial charge in [0.1, 0.15) is 6.04 Å². The van der Waals surface area contributed by atoms with Crippen LogP contribution < -0.4 is 5.32 Å².